The summed E-state index contributed by atoms with van der Waals surface area (Å²) in [6.45, 7) is 2.31. The van der Waals surface area contributed by atoms with E-state index in [-0.39, 0.29) is 0 Å². The van der Waals surface area contributed by atoms with E-state index in [1.807, 2.05) is 11.3 Å². The Bertz CT molecular complexity index is 279. The summed E-state index contributed by atoms with van der Waals surface area (Å²) < 4.78 is 0. The van der Waals surface area contributed by atoms with Crippen LogP contribution in [0.25, 0.3) is 0 Å². The van der Waals surface area contributed by atoms with Gasteiger partial charge in [-0.1, -0.05) is 0 Å². The monoisotopic (exact) mass is 181 g/mol. The minimum Gasteiger partial charge on any atom is -0.314 e. The number of hydrogen-bond donors (Lipinski definition) is 1. The molecule has 1 aliphatic carbocycles. The molecular weight excluding hydrogens is 166 g/mol. The molecule has 0 spiro atoms. The van der Waals surface area contributed by atoms with E-state index >= 15 is 0 Å². The van der Waals surface area contributed by atoms with Crippen molar-refractivity contribution < 1.29 is 0 Å². The molecule has 1 N–H and O–H groups in total. The van der Waals surface area contributed by atoms with Crippen molar-refractivity contribution in [1.29, 1.82) is 0 Å². The van der Waals surface area contributed by atoms with Crippen molar-refractivity contribution in [3.8, 4) is 0 Å². The van der Waals surface area contributed by atoms with Gasteiger partial charge in [0.2, 0.25) is 0 Å². The number of thiophene rings is 1. The van der Waals surface area contributed by atoms with Crippen LogP contribution in [0, 0.1) is 0 Å². The zero-order chi connectivity index (χ0) is 8.60. The fraction of sp³-hybridized carbons (Fsp3) is 0.600. The molecule has 2 heteroatoms. The first-order valence-corrected chi connectivity index (χ1v) is 5.41. The van der Waals surface area contributed by atoms with Gasteiger partial charge in [-0.05, 0) is 55.1 Å². The Balaban J connectivity index is 2.25. The van der Waals surface area contributed by atoms with Crippen LogP contribution in [-0.2, 0) is 12.8 Å². The Morgan fingerprint density at radius 2 is 2.17 bits per heavy atom. The third-order valence-electron chi connectivity index (χ3n) is 2.96. The minimum atomic E-state index is 0.341. The van der Waals surface area contributed by atoms with Gasteiger partial charge in [0.1, 0.15) is 0 Å². The smallest absolute Gasteiger partial charge is 0.0194 e. The lowest BCUT2D eigenvalue weighted by atomic mass is 9.81. The molecule has 1 aromatic rings. The topological polar surface area (TPSA) is 12.0 Å². The highest BCUT2D eigenvalue weighted by Gasteiger charge is 2.28. The van der Waals surface area contributed by atoms with E-state index in [4.69, 9.17) is 0 Å². The van der Waals surface area contributed by atoms with E-state index in [1.165, 1.54) is 19.3 Å². The molecule has 12 heavy (non-hydrogen) atoms. The fourth-order valence-corrected chi connectivity index (χ4v) is 2.76. The molecule has 66 valence electrons. The van der Waals surface area contributed by atoms with Crippen LogP contribution < -0.4 is 5.32 Å². The van der Waals surface area contributed by atoms with E-state index in [0.717, 1.165) is 0 Å². The van der Waals surface area contributed by atoms with E-state index in [1.54, 1.807) is 11.1 Å². The number of aryl methyl sites for hydroxylation is 1. The zero-order valence-corrected chi connectivity index (χ0v) is 8.50. The summed E-state index contributed by atoms with van der Waals surface area (Å²) in [5.41, 5.74) is 3.48. The highest BCUT2D eigenvalue weighted by atomic mass is 32.1. The largest absolute Gasteiger partial charge is 0.314 e. The molecule has 0 unspecified atom stereocenters. The molecule has 1 aliphatic rings. The highest BCUT2D eigenvalue weighted by Crippen LogP contribution is 2.30. The summed E-state index contributed by atoms with van der Waals surface area (Å²) in [6.07, 6.45) is 3.71. The average molecular weight is 181 g/mol. The van der Waals surface area contributed by atoms with Gasteiger partial charge in [0, 0.05) is 5.54 Å². The maximum Gasteiger partial charge on any atom is 0.0194 e. The van der Waals surface area contributed by atoms with Crippen molar-refractivity contribution >= 4 is 11.3 Å². The summed E-state index contributed by atoms with van der Waals surface area (Å²) in [5.74, 6) is 0. The molecule has 0 saturated heterocycles. The first-order chi connectivity index (χ1) is 5.73. The third kappa shape index (κ3) is 1.29. The van der Waals surface area contributed by atoms with Crippen LogP contribution in [0.15, 0.2) is 10.8 Å². The second-order valence-corrected chi connectivity index (χ2v) is 4.65. The van der Waals surface area contributed by atoms with Crippen molar-refractivity contribution in [3.63, 3.8) is 0 Å². The summed E-state index contributed by atoms with van der Waals surface area (Å²) >= 11 is 1.84. The molecular formula is C10H15NS. The predicted molar refractivity (Wildman–Crippen MR) is 53.8 cm³/mol. The SMILES string of the molecule is CN[C@]1(C)CCc2cscc2C1. The number of hydrogen-bond acceptors (Lipinski definition) is 2. The normalized spacial score (nSPS) is 28.5. The van der Waals surface area contributed by atoms with E-state index < -0.39 is 0 Å². The first kappa shape index (κ1) is 8.27. The summed E-state index contributed by atoms with van der Waals surface area (Å²) in [7, 11) is 2.07. The van der Waals surface area contributed by atoms with Crippen LogP contribution in [0.2, 0.25) is 0 Å². The summed E-state index contributed by atoms with van der Waals surface area (Å²) in [4.78, 5) is 0. The van der Waals surface area contributed by atoms with Gasteiger partial charge in [0.25, 0.3) is 0 Å². The Labute approximate surface area is 77.8 Å². The third-order valence-corrected chi connectivity index (χ3v) is 3.80. The molecule has 0 fully saturated rings. The van der Waals surface area contributed by atoms with E-state index in [9.17, 15) is 0 Å². The van der Waals surface area contributed by atoms with Crippen molar-refractivity contribution in [2.75, 3.05) is 7.05 Å². The quantitative estimate of drug-likeness (QED) is 0.700. The lowest BCUT2D eigenvalue weighted by Gasteiger charge is -2.33. The van der Waals surface area contributed by atoms with Crippen molar-refractivity contribution in [2.45, 2.75) is 31.7 Å². The van der Waals surface area contributed by atoms with E-state index in [0.29, 0.717) is 5.54 Å². The molecule has 0 aliphatic heterocycles. The molecule has 0 saturated carbocycles. The molecule has 0 amide bonds. The van der Waals surface area contributed by atoms with Gasteiger partial charge in [-0.15, -0.1) is 0 Å². The standard InChI is InChI=1S/C10H15NS/c1-10(11-2)4-3-8-6-12-7-9(8)5-10/h6-7,11H,3-5H2,1-2H3/t10-/m1/s1. The van der Waals surface area contributed by atoms with Crippen LogP contribution in [0.1, 0.15) is 24.5 Å². The van der Waals surface area contributed by atoms with Gasteiger partial charge in [0.15, 0.2) is 0 Å². The molecule has 1 aromatic heterocycles. The summed E-state index contributed by atoms with van der Waals surface area (Å²) in [5, 5.41) is 8.01. The van der Waals surface area contributed by atoms with Gasteiger partial charge in [-0.25, -0.2) is 0 Å². The lowest BCUT2D eigenvalue weighted by molar-refractivity contribution is 0.339. The number of rotatable bonds is 1. The maximum absolute atomic E-state index is 3.42. The van der Waals surface area contributed by atoms with E-state index in [2.05, 4.69) is 30.0 Å². The molecule has 0 aromatic carbocycles. The van der Waals surface area contributed by atoms with Gasteiger partial charge in [-0.3, -0.25) is 0 Å². The average Bonchev–Trinajstić information content (AvgIpc) is 2.51. The van der Waals surface area contributed by atoms with Crippen LogP contribution in [0.5, 0.6) is 0 Å². The highest BCUT2D eigenvalue weighted by molar-refractivity contribution is 7.08. The maximum atomic E-state index is 3.42. The van der Waals surface area contributed by atoms with Gasteiger partial charge in [0.05, 0.1) is 0 Å². The Hall–Kier alpha value is -0.340. The molecule has 1 nitrogen and oxygen atoms in total. The van der Waals surface area contributed by atoms with Crippen molar-refractivity contribution in [1.82, 2.24) is 5.32 Å². The number of nitrogens with one attached hydrogen (secondary N) is 1. The Morgan fingerprint density at radius 3 is 2.92 bits per heavy atom. The second kappa shape index (κ2) is 2.86. The minimum absolute atomic E-state index is 0.341. The first-order valence-electron chi connectivity index (χ1n) is 4.46. The van der Waals surface area contributed by atoms with Crippen LogP contribution >= 0.6 is 11.3 Å². The van der Waals surface area contributed by atoms with Crippen LogP contribution in [-0.4, -0.2) is 12.6 Å². The number of fused-ring (bicyclic) bond motifs is 1. The lowest BCUT2D eigenvalue weighted by Crippen LogP contribution is -2.44. The number of likely N-dealkylation sites (N-methyl/N-ethyl adjacent to an activating group) is 1. The molecule has 0 radical (unpaired) electrons. The Morgan fingerprint density at radius 1 is 1.42 bits per heavy atom. The van der Waals surface area contributed by atoms with Crippen LogP contribution in [0.4, 0.5) is 0 Å². The van der Waals surface area contributed by atoms with Crippen LogP contribution in [0.3, 0.4) is 0 Å². The molecule has 2 rings (SSSR count). The molecule has 1 atom stereocenters. The van der Waals surface area contributed by atoms with Crippen molar-refractivity contribution in [2.24, 2.45) is 0 Å². The second-order valence-electron chi connectivity index (χ2n) is 3.91. The predicted octanol–water partition coefficient (Wildman–Crippen LogP) is 2.21. The summed E-state index contributed by atoms with van der Waals surface area (Å²) in [6, 6.07) is 0. The van der Waals surface area contributed by atoms with Gasteiger partial charge < -0.3 is 5.32 Å². The molecule has 1 heterocycles. The van der Waals surface area contributed by atoms with Gasteiger partial charge in [-0.2, -0.15) is 11.3 Å². The zero-order valence-electron chi connectivity index (χ0n) is 7.68. The van der Waals surface area contributed by atoms with Crippen molar-refractivity contribution in [3.05, 3.63) is 21.9 Å². The fourth-order valence-electron chi connectivity index (χ4n) is 1.86. The Kier molecular flexibility index (Phi) is 1.97. The molecule has 0 bridgehead atoms. The van der Waals surface area contributed by atoms with Gasteiger partial charge >= 0.3 is 0 Å².